The number of hydrogen-bond acceptors (Lipinski definition) is 6. The minimum Gasteiger partial charge on any atom is -0.493 e. The van der Waals surface area contributed by atoms with Gasteiger partial charge in [-0.05, 0) is 43.7 Å². The molecule has 0 fully saturated rings. The number of nitrogens with one attached hydrogen (secondary N) is 2. The molecule has 31 heavy (non-hydrogen) atoms. The Bertz CT molecular complexity index is 1250. The van der Waals surface area contributed by atoms with E-state index in [0.29, 0.717) is 29.4 Å². The van der Waals surface area contributed by atoms with Crippen molar-refractivity contribution in [1.29, 1.82) is 0 Å². The van der Waals surface area contributed by atoms with Gasteiger partial charge in [-0.2, -0.15) is 0 Å². The van der Waals surface area contributed by atoms with Crippen LogP contribution in [0.2, 0.25) is 0 Å². The Labute approximate surface area is 185 Å². The Balaban J connectivity index is 1.60. The van der Waals surface area contributed by atoms with Crippen LogP contribution in [0.4, 0.5) is 5.13 Å². The van der Waals surface area contributed by atoms with E-state index in [4.69, 9.17) is 4.74 Å². The second kappa shape index (κ2) is 8.32. The molecule has 1 aliphatic heterocycles. The van der Waals surface area contributed by atoms with Gasteiger partial charge in [-0.1, -0.05) is 17.7 Å². The molecule has 3 aromatic rings. The number of rotatable bonds is 5. The SMILES string of the molecule is CC(=O)NC1CCOc2ccc(-c3csc(NS(=O)(=O)c4ccc(C)cc4C)n3)cc21. The molecule has 7 nitrogen and oxygen atoms in total. The van der Waals surface area contributed by atoms with Gasteiger partial charge >= 0.3 is 0 Å². The van der Waals surface area contributed by atoms with Crippen molar-refractivity contribution >= 4 is 32.4 Å². The van der Waals surface area contributed by atoms with E-state index in [9.17, 15) is 13.2 Å². The van der Waals surface area contributed by atoms with Gasteiger partial charge in [0.2, 0.25) is 5.91 Å². The molecule has 162 valence electrons. The standard InChI is InChI=1S/C22H23N3O4S2/c1-13-4-7-21(14(2)10-13)31(27,28)25-22-24-19(12-30-22)16-5-6-20-17(11-16)18(8-9-29-20)23-15(3)26/h4-7,10-12,18H,8-9H2,1-3H3,(H,23,26)(H,24,25). The largest absolute Gasteiger partial charge is 0.493 e. The number of hydrogen-bond donors (Lipinski definition) is 2. The fourth-order valence-electron chi connectivity index (χ4n) is 3.67. The number of carbonyl (C=O) groups is 1. The molecule has 0 spiro atoms. The predicted octanol–water partition coefficient (Wildman–Crippen LogP) is 4.19. The lowest BCUT2D eigenvalue weighted by molar-refractivity contribution is -0.119. The molecule has 9 heteroatoms. The van der Waals surface area contributed by atoms with Crippen molar-refractivity contribution in [3.63, 3.8) is 0 Å². The van der Waals surface area contributed by atoms with E-state index in [1.165, 1.54) is 18.3 Å². The summed E-state index contributed by atoms with van der Waals surface area (Å²) in [5.74, 6) is 0.639. The summed E-state index contributed by atoms with van der Waals surface area (Å²) in [7, 11) is -3.74. The molecule has 1 aromatic heterocycles. The average Bonchev–Trinajstić information content (AvgIpc) is 3.15. The van der Waals surface area contributed by atoms with Crippen LogP contribution in [0.15, 0.2) is 46.7 Å². The zero-order chi connectivity index (χ0) is 22.2. The fraction of sp³-hybridized carbons (Fsp3) is 0.273. The Hall–Kier alpha value is -2.91. The number of thiazole rings is 1. The predicted molar refractivity (Wildman–Crippen MR) is 121 cm³/mol. The minimum atomic E-state index is -3.74. The van der Waals surface area contributed by atoms with E-state index in [-0.39, 0.29) is 16.8 Å². The lowest BCUT2D eigenvalue weighted by atomic mass is 9.97. The van der Waals surface area contributed by atoms with Gasteiger partial charge in [0, 0.05) is 29.9 Å². The normalized spacial score (nSPS) is 15.6. The first-order valence-electron chi connectivity index (χ1n) is 9.83. The zero-order valence-electron chi connectivity index (χ0n) is 17.4. The third kappa shape index (κ3) is 4.57. The van der Waals surface area contributed by atoms with Crippen LogP contribution in [-0.2, 0) is 14.8 Å². The van der Waals surface area contributed by atoms with E-state index in [0.717, 1.165) is 22.4 Å². The maximum atomic E-state index is 12.8. The van der Waals surface area contributed by atoms with Crippen molar-refractivity contribution < 1.29 is 17.9 Å². The van der Waals surface area contributed by atoms with E-state index in [1.807, 2.05) is 31.2 Å². The highest BCUT2D eigenvalue weighted by Gasteiger charge is 2.24. The van der Waals surface area contributed by atoms with Crippen LogP contribution in [0.1, 0.15) is 36.1 Å². The maximum absolute atomic E-state index is 12.8. The van der Waals surface area contributed by atoms with Crippen molar-refractivity contribution in [2.45, 2.75) is 38.1 Å². The summed E-state index contributed by atoms with van der Waals surface area (Å²) < 4.78 is 33.9. The van der Waals surface area contributed by atoms with Gasteiger partial charge < -0.3 is 10.1 Å². The molecular formula is C22H23N3O4S2. The van der Waals surface area contributed by atoms with Gasteiger partial charge in [0.15, 0.2) is 5.13 Å². The molecule has 0 saturated carbocycles. The number of anilines is 1. The van der Waals surface area contributed by atoms with E-state index in [1.54, 1.807) is 24.4 Å². The molecule has 1 amide bonds. The first kappa shape index (κ1) is 21.3. The molecule has 0 aliphatic carbocycles. The van der Waals surface area contributed by atoms with Crippen LogP contribution < -0.4 is 14.8 Å². The Morgan fingerprint density at radius 1 is 1.19 bits per heavy atom. The fourth-order valence-corrected chi connectivity index (χ4v) is 5.87. The molecular weight excluding hydrogens is 434 g/mol. The summed E-state index contributed by atoms with van der Waals surface area (Å²) in [6.45, 7) is 5.73. The molecule has 4 rings (SSSR count). The molecule has 1 aliphatic rings. The average molecular weight is 458 g/mol. The molecule has 2 N–H and O–H groups in total. The molecule has 0 radical (unpaired) electrons. The van der Waals surface area contributed by atoms with Crippen LogP contribution >= 0.6 is 11.3 Å². The third-order valence-electron chi connectivity index (χ3n) is 5.07. The first-order valence-corrected chi connectivity index (χ1v) is 12.2. The van der Waals surface area contributed by atoms with Gasteiger partial charge in [0.25, 0.3) is 10.0 Å². The van der Waals surface area contributed by atoms with Crippen LogP contribution in [0.5, 0.6) is 5.75 Å². The highest BCUT2D eigenvalue weighted by Crippen LogP contribution is 2.36. The van der Waals surface area contributed by atoms with Crippen molar-refractivity contribution in [3.8, 4) is 17.0 Å². The monoisotopic (exact) mass is 457 g/mol. The second-order valence-corrected chi connectivity index (χ2v) is 10.1. The number of carbonyl (C=O) groups excluding carboxylic acids is 1. The van der Waals surface area contributed by atoms with Gasteiger partial charge in [0.05, 0.1) is 23.2 Å². The Kier molecular flexibility index (Phi) is 5.72. The lowest BCUT2D eigenvalue weighted by Gasteiger charge is -2.26. The number of nitrogens with zero attached hydrogens (tertiary/aromatic N) is 1. The zero-order valence-corrected chi connectivity index (χ0v) is 19.1. The van der Waals surface area contributed by atoms with Gasteiger partial charge in [-0.15, -0.1) is 11.3 Å². The molecule has 1 unspecified atom stereocenters. The van der Waals surface area contributed by atoms with Crippen molar-refractivity contribution in [2.75, 3.05) is 11.3 Å². The van der Waals surface area contributed by atoms with E-state index in [2.05, 4.69) is 15.0 Å². The second-order valence-electron chi connectivity index (χ2n) is 7.56. The summed E-state index contributed by atoms with van der Waals surface area (Å²) in [5, 5.41) is 5.05. The van der Waals surface area contributed by atoms with E-state index >= 15 is 0 Å². The quantitative estimate of drug-likeness (QED) is 0.599. The van der Waals surface area contributed by atoms with Crippen molar-refractivity contribution in [3.05, 3.63) is 58.5 Å². The maximum Gasteiger partial charge on any atom is 0.263 e. The summed E-state index contributed by atoms with van der Waals surface area (Å²) in [6, 6.07) is 10.8. The summed E-state index contributed by atoms with van der Waals surface area (Å²) in [4.78, 5) is 16.3. The molecule has 0 bridgehead atoms. The van der Waals surface area contributed by atoms with Crippen LogP contribution in [0.3, 0.4) is 0 Å². The number of aryl methyl sites for hydroxylation is 2. The third-order valence-corrected chi connectivity index (χ3v) is 7.45. The van der Waals surface area contributed by atoms with Gasteiger partial charge in [-0.3, -0.25) is 9.52 Å². The van der Waals surface area contributed by atoms with Gasteiger partial charge in [-0.25, -0.2) is 13.4 Å². The summed E-state index contributed by atoms with van der Waals surface area (Å²) >= 11 is 1.22. The van der Waals surface area contributed by atoms with Crippen LogP contribution in [0.25, 0.3) is 11.3 Å². The number of aromatic nitrogens is 1. The number of benzene rings is 2. The first-order chi connectivity index (χ1) is 14.7. The Morgan fingerprint density at radius 2 is 2.00 bits per heavy atom. The number of amides is 1. The highest BCUT2D eigenvalue weighted by atomic mass is 32.2. The summed E-state index contributed by atoms with van der Waals surface area (Å²) in [6.07, 6.45) is 0.689. The van der Waals surface area contributed by atoms with Crippen molar-refractivity contribution in [2.24, 2.45) is 0 Å². The minimum absolute atomic E-state index is 0.0972. The summed E-state index contributed by atoms with van der Waals surface area (Å²) in [5.41, 5.74) is 4.06. The molecule has 2 aromatic carbocycles. The Morgan fingerprint density at radius 3 is 2.74 bits per heavy atom. The lowest BCUT2D eigenvalue weighted by Crippen LogP contribution is -2.30. The molecule has 2 heterocycles. The van der Waals surface area contributed by atoms with E-state index < -0.39 is 10.0 Å². The highest BCUT2D eigenvalue weighted by molar-refractivity contribution is 7.93. The van der Waals surface area contributed by atoms with Crippen LogP contribution in [0, 0.1) is 13.8 Å². The smallest absolute Gasteiger partial charge is 0.263 e. The topological polar surface area (TPSA) is 97.4 Å². The van der Waals surface area contributed by atoms with Crippen molar-refractivity contribution in [1.82, 2.24) is 10.3 Å². The number of fused-ring (bicyclic) bond motifs is 1. The molecule has 1 atom stereocenters. The van der Waals surface area contributed by atoms with Gasteiger partial charge in [0.1, 0.15) is 5.75 Å². The van der Waals surface area contributed by atoms with Crippen LogP contribution in [-0.4, -0.2) is 25.9 Å². The number of sulfonamides is 1. The molecule has 0 saturated heterocycles. The number of ether oxygens (including phenoxy) is 1.